The smallest absolute Gasteiger partial charge is 0.274 e. The van der Waals surface area contributed by atoms with Crippen LogP contribution in [-0.2, 0) is 10.1 Å². The molecule has 0 fully saturated rings. The number of rotatable bonds is 1. The highest BCUT2D eigenvalue weighted by molar-refractivity contribution is 7.86. The maximum atomic E-state index is 12.8. The van der Waals surface area contributed by atoms with Crippen LogP contribution in [0.5, 0.6) is 0 Å². The highest BCUT2D eigenvalue weighted by atomic mass is 32.2. The zero-order valence-corrected chi connectivity index (χ0v) is 6.84. The molecule has 0 aromatic rings. The van der Waals surface area contributed by atoms with Crippen LogP contribution in [0.1, 0.15) is 6.42 Å². The Morgan fingerprint density at radius 1 is 1.33 bits per heavy atom. The summed E-state index contributed by atoms with van der Waals surface area (Å²) in [5.41, 5.74) is 0. The van der Waals surface area contributed by atoms with Gasteiger partial charge in [0.15, 0.2) is 0 Å². The summed E-state index contributed by atoms with van der Waals surface area (Å²) in [6.45, 7) is 0. The van der Waals surface area contributed by atoms with Gasteiger partial charge in [0.1, 0.15) is 17.6 Å². The van der Waals surface area contributed by atoms with Gasteiger partial charge in [-0.25, -0.2) is 8.78 Å². The Hall–Kier alpha value is -0.490. The van der Waals surface area contributed by atoms with E-state index in [1.165, 1.54) is 0 Å². The van der Waals surface area contributed by atoms with E-state index in [1.54, 1.807) is 0 Å². The van der Waals surface area contributed by atoms with Crippen molar-refractivity contribution in [2.45, 2.75) is 24.0 Å². The van der Waals surface area contributed by atoms with Crippen LogP contribution in [0.25, 0.3) is 0 Å². The Balaban J connectivity index is 2.88. The summed E-state index contributed by atoms with van der Waals surface area (Å²) in [5, 5.41) is -1.61. The first-order chi connectivity index (χ1) is 5.41. The number of hydrogen-bond acceptors (Lipinski definition) is 2. The fraction of sp³-hybridized carbons (Fsp3) is 0.667. The van der Waals surface area contributed by atoms with Crippen molar-refractivity contribution < 1.29 is 21.8 Å². The second-order valence-corrected chi connectivity index (χ2v) is 4.21. The predicted octanol–water partition coefficient (Wildman–Crippen LogP) is 0.879. The van der Waals surface area contributed by atoms with Gasteiger partial charge in [-0.2, -0.15) is 8.42 Å². The van der Waals surface area contributed by atoms with Crippen LogP contribution in [0, 0.1) is 0 Å². The second kappa shape index (κ2) is 3.10. The van der Waals surface area contributed by atoms with E-state index in [-0.39, 0.29) is 0 Å². The average molecular weight is 198 g/mol. The van der Waals surface area contributed by atoms with Crippen molar-refractivity contribution in [2.75, 3.05) is 0 Å². The Morgan fingerprint density at radius 3 is 2.33 bits per heavy atom. The molecule has 1 rings (SSSR count). The van der Waals surface area contributed by atoms with Gasteiger partial charge in [-0.1, -0.05) is 12.2 Å². The van der Waals surface area contributed by atoms with Crippen molar-refractivity contribution in [1.82, 2.24) is 0 Å². The van der Waals surface area contributed by atoms with Crippen molar-refractivity contribution in [3.63, 3.8) is 0 Å². The number of allylic oxidation sites excluding steroid dienone is 1. The minimum Gasteiger partial charge on any atom is -0.285 e. The van der Waals surface area contributed by atoms with Crippen LogP contribution in [0.3, 0.4) is 0 Å². The summed E-state index contributed by atoms with van der Waals surface area (Å²) in [4.78, 5) is 0. The minimum absolute atomic E-state index is 0.513. The van der Waals surface area contributed by atoms with Crippen LogP contribution in [0.2, 0.25) is 0 Å². The molecule has 0 saturated carbocycles. The van der Waals surface area contributed by atoms with Gasteiger partial charge >= 0.3 is 0 Å². The molecule has 0 aromatic carbocycles. The lowest BCUT2D eigenvalue weighted by molar-refractivity contribution is 0.236. The van der Waals surface area contributed by atoms with E-state index in [1.807, 2.05) is 0 Å². The first-order valence-corrected chi connectivity index (χ1v) is 4.84. The topological polar surface area (TPSA) is 54.4 Å². The molecule has 0 radical (unpaired) electrons. The molecule has 0 saturated heterocycles. The van der Waals surface area contributed by atoms with Crippen LogP contribution in [-0.4, -0.2) is 30.6 Å². The standard InChI is InChI=1S/C6H8F2O3S/c7-4-1-2-6(5(8)3-4)12(9,10)11/h1-2,4-6H,3H2,(H,9,10,11)/t4?,5?,6-/m1/s1. The SMILES string of the molecule is O=S(=O)(O)[C@@H]1C=CC(F)CC1F. The third-order valence-electron chi connectivity index (χ3n) is 1.66. The molecule has 0 spiro atoms. The third-order valence-corrected chi connectivity index (χ3v) is 2.80. The molecule has 1 aliphatic rings. The summed E-state index contributed by atoms with van der Waals surface area (Å²) in [6.07, 6.45) is -2.05. The number of hydrogen-bond donors (Lipinski definition) is 1. The molecule has 1 N–H and O–H groups in total. The molecule has 6 heteroatoms. The lowest BCUT2D eigenvalue weighted by Gasteiger charge is -2.19. The summed E-state index contributed by atoms with van der Waals surface area (Å²) in [7, 11) is -4.43. The van der Waals surface area contributed by atoms with Crippen LogP contribution in [0.4, 0.5) is 8.78 Å². The summed E-state index contributed by atoms with van der Waals surface area (Å²) >= 11 is 0. The van der Waals surface area contributed by atoms with E-state index in [0.29, 0.717) is 0 Å². The molecular formula is C6H8F2O3S. The second-order valence-electron chi connectivity index (χ2n) is 2.63. The molecule has 12 heavy (non-hydrogen) atoms. The van der Waals surface area contributed by atoms with Gasteiger partial charge in [0.2, 0.25) is 0 Å². The predicted molar refractivity (Wildman–Crippen MR) is 38.9 cm³/mol. The lowest BCUT2D eigenvalue weighted by Crippen LogP contribution is -2.33. The zero-order chi connectivity index (χ0) is 9.35. The molecule has 0 aliphatic heterocycles. The maximum Gasteiger partial charge on any atom is 0.274 e. The van der Waals surface area contributed by atoms with Crippen molar-refractivity contribution in [1.29, 1.82) is 0 Å². The van der Waals surface area contributed by atoms with Gasteiger partial charge in [-0.3, -0.25) is 4.55 Å². The van der Waals surface area contributed by atoms with Crippen LogP contribution in [0.15, 0.2) is 12.2 Å². The monoisotopic (exact) mass is 198 g/mol. The lowest BCUT2D eigenvalue weighted by atomic mass is 10.0. The molecule has 70 valence electrons. The Morgan fingerprint density at radius 2 is 1.92 bits per heavy atom. The highest BCUT2D eigenvalue weighted by Gasteiger charge is 2.34. The molecule has 3 nitrogen and oxygen atoms in total. The molecule has 0 heterocycles. The van der Waals surface area contributed by atoms with Crippen molar-refractivity contribution in [2.24, 2.45) is 0 Å². The first kappa shape index (κ1) is 9.60. The van der Waals surface area contributed by atoms with E-state index in [4.69, 9.17) is 4.55 Å². The Labute approximate surface area is 68.8 Å². The summed E-state index contributed by atoms with van der Waals surface area (Å²) < 4.78 is 54.5. The van der Waals surface area contributed by atoms with Gasteiger partial charge in [0.05, 0.1) is 0 Å². The van der Waals surface area contributed by atoms with Crippen molar-refractivity contribution in [3.05, 3.63) is 12.2 Å². The van der Waals surface area contributed by atoms with E-state index in [2.05, 4.69) is 0 Å². The Kier molecular flexibility index (Phi) is 2.48. The maximum absolute atomic E-state index is 12.8. The molecule has 0 bridgehead atoms. The highest BCUT2D eigenvalue weighted by Crippen LogP contribution is 2.22. The van der Waals surface area contributed by atoms with E-state index < -0.39 is 34.1 Å². The van der Waals surface area contributed by atoms with E-state index >= 15 is 0 Å². The first-order valence-electron chi connectivity index (χ1n) is 3.34. The van der Waals surface area contributed by atoms with Gasteiger partial charge in [-0.05, 0) is 0 Å². The van der Waals surface area contributed by atoms with Gasteiger partial charge in [-0.15, -0.1) is 0 Å². The summed E-state index contributed by atoms with van der Waals surface area (Å²) in [5.74, 6) is 0. The largest absolute Gasteiger partial charge is 0.285 e. The molecule has 1 aliphatic carbocycles. The third kappa shape index (κ3) is 2.01. The van der Waals surface area contributed by atoms with Gasteiger partial charge < -0.3 is 0 Å². The fourth-order valence-corrected chi connectivity index (χ4v) is 1.84. The Bertz CT molecular complexity index is 285. The molecule has 0 amide bonds. The van der Waals surface area contributed by atoms with Crippen LogP contribution < -0.4 is 0 Å². The fourth-order valence-electron chi connectivity index (χ4n) is 1.06. The van der Waals surface area contributed by atoms with Crippen molar-refractivity contribution >= 4 is 10.1 Å². The number of alkyl halides is 2. The normalized spacial score (nSPS) is 36.8. The van der Waals surface area contributed by atoms with Gasteiger partial charge in [0.25, 0.3) is 10.1 Å². The molecular weight excluding hydrogens is 190 g/mol. The minimum atomic E-state index is -4.43. The average Bonchev–Trinajstić information content (AvgIpc) is 1.83. The van der Waals surface area contributed by atoms with Crippen molar-refractivity contribution in [3.8, 4) is 0 Å². The molecule has 0 aromatic heterocycles. The number of halogens is 2. The molecule has 2 unspecified atom stereocenters. The van der Waals surface area contributed by atoms with E-state index in [0.717, 1.165) is 12.2 Å². The van der Waals surface area contributed by atoms with Crippen LogP contribution >= 0.6 is 0 Å². The summed E-state index contributed by atoms with van der Waals surface area (Å²) in [6, 6.07) is 0. The van der Waals surface area contributed by atoms with E-state index in [9.17, 15) is 17.2 Å². The quantitative estimate of drug-likeness (QED) is 0.502. The zero-order valence-electron chi connectivity index (χ0n) is 6.02. The van der Waals surface area contributed by atoms with Gasteiger partial charge in [0, 0.05) is 6.42 Å². The molecule has 3 atom stereocenters.